The van der Waals surface area contributed by atoms with E-state index >= 15 is 0 Å². The molecule has 0 aliphatic carbocycles. The van der Waals surface area contributed by atoms with Gasteiger partial charge in [0.1, 0.15) is 41.0 Å². The molecule has 0 radical (unpaired) electrons. The van der Waals surface area contributed by atoms with E-state index in [4.69, 9.17) is 14.2 Å². The maximum atomic E-state index is 12.3. The zero-order valence-corrected chi connectivity index (χ0v) is 18.2. The standard InChI is InChI=1S/C23H21N7O4/c31-23(30-3-1-4-30)19-10-26-20(11-25-19)34-17-7-14(6-16(8-17)33-15-2-5-32-12-15)21-28-18-9-24-13-27-22(18)29-21/h6-11,13,15H,1-5,12H2,(H,24,27,28,29)/t15-/m0/s1. The number of H-pyrrole nitrogens is 1. The van der Waals surface area contributed by atoms with Crippen LogP contribution < -0.4 is 9.47 Å². The second-order valence-electron chi connectivity index (χ2n) is 8.13. The molecule has 1 N–H and O–H groups in total. The molecule has 6 rings (SSSR count). The van der Waals surface area contributed by atoms with Crippen molar-refractivity contribution in [1.82, 2.24) is 34.8 Å². The Kier molecular flexibility index (Phi) is 5.22. The summed E-state index contributed by atoms with van der Waals surface area (Å²) in [7, 11) is 0. The number of carbonyl (C=O) groups is 1. The summed E-state index contributed by atoms with van der Waals surface area (Å²) in [6.45, 7) is 2.73. The van der Waals surface area contributed by atoms with E-state index in [1.54, 1.807) is 17.2 Å². The fraction of sp³-hybridized carbons (Fsp3) is 0.304. The second-order valence-corrected chi connectivity index (χ2v) is 8.13. The van der Waals surface area contributed by atoms with Crippen LogP contribution in [0.25, 0.3) is 22.6 Å². The van der Waals surface area contributed by atoms with Crippen molar-refractivity contribution < 1.29 is 19.0 Å². The molecule has 11 nitrogen and oxygen atoms in total. The summed E-state index contributed by atoms with van der Waals surface area (Å²) in [4.78, 5) is 38.6. The highest BCUT2D eigenvalue weighted by Crippen LogP contribution is 2.32. The monoisotopic (exact) mass is 459 g/mol. The highest BCUT2D eigenvalue weighted by molar-refractivity contribution is 5.92. The summed E-state index contributed by atoms with van der Waals surface area (Å²) in [6, 6.07) is 5.49. The average molecular weight is 459 g/mol. The minimum absolute atomic E-state index is 0.0313. The molecule has 2 fully saturated rings. The summed E-state index contributed by atoms with van der Waals surface area (Å²) in [5, 5.41) is 0. The van der Waals surface area contributed by atoms with Crippen molar-refractivity contribution >= 4 is 17.1 Å². The third-order valence-corrected chi connectivity index (χ3v) is 5.72. The number of ether oxygens (including phenoxy) is 3. The first kappa shape index (κ1) is 20.5. The number of aromatic amines is 1. The van der Waals surface area contributed by atoms with Crippen LogP contribution in [0, 0.1) is 0 Å². The Hall–Kier alpha value is -4.12. The summed E-state index contributed by atoms with van der Waals surface area (Å²) >= 11 is 0. The Labute approximate surface area is 194 Å². The lowest BCUT2D eigenvalue weighted by Crippen LogP contribution is -2.42. The van der Waals surface area contributed by atoms with Gasteiger partial charge in [0.25, 0.3) is 5.91 Å². The quantitative estimate of drug-likeness (QED) is 0.463. The molecule has 34 heavy (non-hydrogen) atoms. The predicted molar refractivity (Wildman–Crippen MR) is 120 cm³/mol. The van der Waals surface area contributed by atoms with Crippen molar-refractivity contribution in [2.24, 2.45) is 0 Å². The molecule has 172 valence electrons. The number of nitrogens with one attached hydrogen (secondary N) is 1. The topological polar surface area (TPSA) is 128 Å². The van der Waals surface area contributed by atoms with E-state index in [1.807, 2.05) is 12.1 Å². The van der Waals surface area contributed by atoms with Gasteiger partial charge in [-0.25, -0.2) is 24.9 Å². The fourth-order valence-electron chi connectivity index (χ4n) is 3.81. The van der Waals surface area contributed by atoms with E-state index in [0.29, 0.717) is 41.9 Å². The van der Waals surface area contributed by atoms with Crippen molar-refractivity contribution in [2.45, 2.75) is 18.9 Å². The molecule has 11 heteroatoms. The molecule has 1 aromatic carbocycles. The summed E-state index contributed by atoms with van der Waals surface area (Å²) in [5.41, 5.74) is 2.34. The number of hydrogen-bond donors (Lipinski definition) is 1. The van der Waals surface area contributed by atoms with E-state index in [2.05, 4.69) is 29.9 Å². The Morgan fingerprint density at radius 3 is 2.74 bits per heavy atom. The largest absolute Gasteiger partial charge is 0.488 e. The minimum Gasteiger partial charge on any atom is -0.488 e. The van der Waals surface area contributed by atoms with Crippen LogP contribution in [0.3, 0.4) is 0 Å². The van der Waals surface area contributed by atoms with Crippen LogP contribution >= 0.6 is 0 Å². The normalized spacial score (nSPS) is 17.5. The van der Waals surface area contributed by atoms with E-state index < -0.39 is 0 Å². The van der Waals surface area contributed by atoms with E-state index in [1.165, 1.54) is 18.7 Å². The van der Waals surface area contributed by atoms with Gasteiger partial charge in [-0.2, -0.15) is 0 Å². The molecule has 0 unspecified atom stereocenters. The van der Waals surface area contributed by atoms with E-state index in [9.17, 15) is 4.79 Å². The molecule has 0 spiro atoms. The molecule has 1 atom stereocenters. The van der Waals surface area contributed by atoms with Crippen molar-refractivity contribution in [1.29, 1.82) is 0 Å². The highest BCUT2D eigenvalue weighted by Gasteiger charge is 2.23. The Morgan fingerprint density at radius 1 is 1.09 bits per heavy atom. The number of amides is 1. The number of hydrogen-bond acceptors (Lipinski definition) is 9. The Balaban J connectivity index is 1.29. The molecule has 2 aliphatic heterocycles. The number of nitrogens with zero attached hydrogens (tertiary/aromatic N) is 6. The van der Waals surface area contributed by atoms with E-state index in [-0.39, 0.29) is 17.9 Å². The smallest absolute Gasteiger partial charge is 0.274 e. The Morgan fingerprint density at radius 2 is 2.00 bits per heavy atom. The van der Waals surface area contributed by atoms with Gasteiger partial charge in [-0.15, -0.1) is 0 Å². The second kappa shape index (κ2) is 8.67. The summed E-state index contributed by atoms with van der Waals surface area (Å²) in [6.07, 6.45) is 7.81. The van der Waals surface area contributed by atoms with Crippen LogP contribution in [-0.4, -0.2) is 73.1 Å². The lowest BCUT2D eigenvalue weighted by atomic mass is 10.2. The number of fused-ring (bicyclic) bond motifs is 1. The van der Waals surface area contributed by atoms with Crippen LogP contribution in [0.4, 0.5) is 0 Å². The highest BCUT2D eigenvalue weighted by atomic mass is 16.5. The number of carbonyl (C=O) groups excluding carboxylic acids is 1. The van der Waals surface area contributed by atoms with Crippen LogP contribution in [0.15, 0.2) is 43.1 Å². The predicted octanol–water partition coefficient (Wildman–Crippen LogP) is 2.62. The van der Waals surface area contributed by atoms with Gasteiger partial charge < -0.3 is 24.1 Å². The summed E-state index contributed by atoms with van der Waals surface area (Å²) < 4.78 is 17.5. The molecule has 5 heterocycles. The number of likely N-dealkylation sites (tertiary alicyclic amines) is 1. The van der Waals surface area contributed by atoms with Crippen molar-refractivity contribution in [3.05, 3.63) is 48.8 Å². The first-order valence-corrected chi connectivity index (χ1v) is 11.1. The number of benzene rings is 1. The van der Waals surface area contributed by atoms with Gasteiger partial charge in [0.2, 0.25) is 5.88 Å². The van der Waals surface area contributed by atoms with Crippen molar-refractivity contribution in [3.8, 4) is 28.8 Å². The minimum atomic E-state index is -0.116. The van der Waals surface area contributed by atoms with Crippen molar-refractivity contribution in [2.75, 3.05) is 26.3 Å². The van der Waals surface area contributed by atoms with Gasteiger partial charge in [-0.3, -0.25) is 4.79 Å². The third kappa shape index (κ3) is 4.13. The number of imidazole rings is 1. The SMILES string of the molecule is O=C(c1cnc(Oc2cc(O[C@H]3CCOC3)cc(-c3nc4ncncc4[nH]3)c2)cn1)N1CCC1. The van der Waals surface area contributed by atoms with Gasteiger partial charge in [-0.1, -0.05) is 0 Å². The number of rotatable bonds is 6. The number of aromatic nitrogens is 6. The van der Waals surface area contributed by atoms with Gasteiger partial charge in [0, 0.05) is 31.1 Å². The molecular formula is C23H21N7O4. The zero-order valence-electron chi connectivity index (χ0n) is 18.2. The Bertz CT molecular complexity index is 1300. The van der Waals surface area contributed by atoms with Crippen molar-refractivity contribution in [3.63, 3.8) is 0 Å². The lowest BCUT2D eigenvalue weighted by molar-refractivity contribution is 0.0645. The van der Waals surface area contributed by atoms with Crippen LogP contribution in [-0.2, 0) is 4.74 Å². The molecule has 2 saturated heterocycles. The third-order valence-electron chi connectivity index (χ3n) is 5.72. The molecule has 4 aromatic rings. The maximum absolute atomic E-state index is 12.3. The van der Waals surface area contributed by atoms with Gasteiger partial charge in [0.15, 0.2) is 5.65 Å². The fourth-order valence-corrected chi connectivity index (χ4v) is 3.81. The van der Waals surface area contributed by atoms with Crippen LogP contribution in [0.5, 0.6) is 17.4 Å². The van der Waals surface area contributed by atoms with Crippen LogP contribution in [0.1, 0.15) is 23.3 Å². The average Bonchev–Trinajstić information content (AvgIpc) is 3.48. The van der Waals surface area contributed by atoms with Gasteiger partial charge in [-0.05, 0) is 18.6 Å². The first-order valence-electron chi connectivity index (χ1n) is 11.1. The van der Waals surface area contributed by atoms with Gasteiger partial charge in [0.05, 0.1) is 31.8 Å². The molecular weight excluding hydrogens is 438 g/mol. The molecule has 1 amide bonds. The van der Waals surface area contributed by atoms with E-state index in [0.717, 1.165) is 37.0 Å². The lowest BCUT2D eigenvalue weighted by Gasteiger charge is -2.30. The molecule has 0 bridgehead atoms. The molecule has 0 saturated carbocycles. The molecule has 3 aromatic heterocycles. The molecule has 2 aliphatic rings. The first-order chi connectivity index (χ1) is 16.7. The summed E-state index contributed by atoms with van der Waals surface area (Å²) in [5.74, 6) is 1.87. The van der Waals surface area contributed by atoms with Gasteiger partial charge >= 0.3 is 0 Å². The maximum Gasteiger partial charge on any atom is 0.274 e. The zero-order chi connectivity index (χ0) is 22.9. The van der Waals surface area contributed by atoms with Crippen LogP contribution in [0.2, 0.25) is 0 Å².